The van der Waals surface area contributed by atoms with E-state index in [2.05, 4.69) is 15.6 Å². The first kappa shape index (κ1) is 14.3. The predicted molar refractivity (Wildman–Crippen MR) is 77.4 cm³/mol. The van der Waals surface area contributed by atoms with Gasteiger partial charge in [-0.2, -0.15) is 0 Å². The molecule has 1 aliphatic rings. The van der Waals surface area contributed by atoms with E-state index in [1.165, 1.54) is 12.8 Å². The zero-order valence-corrected chi connectivity index (χ0v) is 12.0. The molecule has 1 aliphatic heterocycles. The summed E-state index contributed by atoms with van der Waals surface area (Å²) in [4.78, 5) is 15.9. The Hall–Kier alpha value is -1.13. The molecule has 104 valence electrons. The van der Waals surface area contributed by atoms with Gasteiger partial charge in [0.05, 0.1) is 11.9 Å². The molecule has 1 aromatic rings. The lowest BCUT2D eigenvalue weighted by Crippen LogP contribution is -2.28. The molecule has 5 heteroatoms. The van der Waals surface area contributed by atoms with Gasteiger partial charge in [-0.25, -0.2) is 4.98 Å². The second kappa shape index (κ2) is 6.87. The Morgan fingerprint density at radius 2 is 2.26 bits per heavy atom. The van der Waals surface area contributed by atoms with Crippen LogP contribution in [-0.2, 0) is 4.79 Å². The fourth-order valence-electron chi connectivity index (χ4n) is 2.36. The third-order valence-corrected chi connectivity index (χ3v) is 3.93. The minimum absolute atomic E-state index is 0.0575. The van der Waals surface area contributed by atoms with Gasteiger partial charge >= 0.3 is 0 Å². The number of halogens is 1. The van der Waals surface area contributed by atoms with Gasteiger partial charge in [-0.05, 0) is 56.8 Å². The van der Waals surface area contributed by atoms with Gasteiger partial charge in [-0.3, -0.25) is 4.79 Å². The van der Waals surface area contributed by atoms with Gasteiger partial charge in [0.25, 0.3) is 0 Å². The Kier molecular flexibility index (Phi) is 5.16. The monoisotopic (exact) mass is 281 g/mol. The lowest BCUT2D eigenvalue weighted by molar-refractivity contribution is -0.116. The molecule has 0 saturated carbocycles. The molecule has 0 aromatic carbocycles. The molecule has 2 N–H and O–H groups in total. The van der Waals surface area contributed by atoms with Crippen LogP contribution in [0.3, 0.4) is 0 Å². The summed E-state index contributed by atoms with van der Waals surface area (Å²) in [5, 5.41) is 6.69. The van der Waals surface area contributed by atoms with Crippen LogP contribution < -0.4 is 10.6 Å². The summed E-state index contributed by atoms with van der Waals surface area (Å²) in [6.45, 7) is 4.03. The number of nitrogens with zero attached hydrogens (tertiary/aromatic N) is 1. The van der Waals surface area contributed by atoms with E-state index in [1.54, 1.807) is 6.20 Å². The number of carbonyl (C=O) groups excluding carboxylic acids is 1. The SMILES string of the molecule is Cc1cc(NC(=O)CCC2CCNCC2)cnc1Cl. The molecule has 2 heterocycles. The van der Waals surface area contributed by atoms with Crippen molar-refractivity contribution in [1.29, 1.82) is 0 Å². The van der Waals surface area contributed by atoms with Crippen molar-refractivity contribution in [2.24, 2.45) is 5.92 Å². The Morgan fingerprint density at radius 3 is 2.95 bits per heavy atom. The summed E-state index contributed by atoms with van der Waals surface area (Å²) >= 11 is 5.85. The number of anilines is 1. The summed E-state index contributed by atoms with van der Waals surface area (Å²) in [6, 6.07) is 1.85. The van der Waals surface area contributed by atoms with Crippen molar-refractivity contribution in [2.75, 3.05) is 18.4 Å². The average Bonchev–Trinajstić information content (AvgIpc) is 2.42. The average molecular weight is 282 g/mol. The largest absolute Gasteiger partial charge is 0.325 e. The minimum Gasteiger partial charge on any atom is -0.325 e. The summed E-state index contributed by atoms with van der Waals surface area (Å²) in [5.74, 6) is 0.735. The number of aryl methyl sites for hydroxylation is 1. The smallest absolute Gasteiger partial charge is 0.224 e. The van der Waals surface area contributed by atoms with E-state index >= 15 is 0 Å². The van der Waals surface area contributed by atoms with Crippen LogP contribution in [0.5, 0.6) is 0 Å². The Morgan fingerprint density at radius 1 is 1.53 bits per heavy atom. The fourth-order valence-corrected chi connectivity index (χ4v) is 2.46. The maximum Gasteiger partial charge on any atom is 0.224 e. The lowest BCUT2D eigenvalue weighted by atomic mass is 9.93. The van der Waals surface area contributed by atoms with E-state index in [-0.39, 0.29) is 5.91 Å². The van der Waals surface area contributed by atoms with Crippen molar-refractivity contribution in [1.82, 2.24) is 10.3 Å². The second-order valence-electron chi connectivity index (χ2n) is 5.11. The van der Waals surface area contributed by atoms with E-state index in [1.807, 2.05) is 13.0 Å². The summed E-state index contributed by atoms with van der Waals surface area (Å²) in [5.41, 5.74) is 1.59. The van der Waals surface area contributed by atoms with Crippen molar-refractivity contribution in [3.8, 4) is 0 Å². The van der Waals surface area contributed by atoms with Crippen LogP contribution in [0.1, 0.15) is 31.2 Å². The highest BCUT2D eigenvalue weighted by atomic mass is 35.5. The van der Waals surface area contributed by atoms with Crippen molar-refractivity contribution >= 4 is 23.2 Å². The first-order valence-electron chi connectivity index (χ1n) is 6.78. The number of pyridine rings is 1. The number of carbonyl (C=O) groups is 1. The van der Waals surface area contributed by atoms with Crippen molar-refractivity contribution in [2.45, 2.75) is 32.6 Å². The molecule has 0 atom stereocenters. The Labute approximate surface area is 118 Å². The highest BCUT2D eigenvalue weighted by Crippen LogP contribution is 2.19. The van der Waals surface area contributed by atoms with Gasteiger partial charge < -0.3 is 10.6 Å². The van der Waals surface area contributed by atoms with Crippen molar-refractivity contribution < 1.29 is 4.79 Å². The molecule has 1 amide bonds. The minimum atomic E-state index is 0.0575. The molecular weight excluding hydrogens is 262 g/mol. The predicted octanol–water partition coefficient (Wildman–Crippen LogP) is 2.76. The first-order chi connectivity index (χ1) is 9.15. The standard InChI is InChI=1S/C14H20ClN3O/c1-10-8-12(9-17-14(10)15)18-13(19)3-2-11-4-6-16-7-5-11/h8-9,11,16H,2-7H2,1H3,(H,18,19). The number of rotatable bonds is 4. The van der Waals surface area contributed by atoms with Crippen LogP contribution in [0, 0.1) is 12.8 Å². The van der Waals surface area contributed by atoms with Crippen molar-refractivity contribution in [3.05, 3.63) is 23.0 Å². The Balaban J connectivity index is 1.78. The van der Waals surface area contributed by atoms with Crippen LogP contribution in [0.15, 0.2) is 12.3 Å². The van der Waals surface area contributed by atoms with Gasteiger partial charge in [-0.15, -0.1) is 0 Å². The lowest BCUT2D eigenvalue weighted by Gasteiger charge is -2.22. The molecule has 1 saturated heterocycles. The van der Waals surface area contributed by atoms with Gasteiger partial charge in [-0.1, -0.05) is 11.6 Å². The second-order valence-corrected chi connectivity index (χ2v) is 5.47. The molecule has 0 unspecified atom stereocenters. The van der Waals surface area contributed by atoms with Gasteiger partial charge in [0.1, 0.15) is 5.15 Å². The number of hydrogen-bond acceptors (Lipinski definition) is 3. The number of amides is 1. The third-order valence-electron chi connectivity index (χ3n) is 3.54. The Bertz CT molecular complexity index is 444. The van der Waals surface area contributed by atoms with Crippen LogP contribution >= 0.6 is 11.6 Å². The van der Waals surface area contributed by atoms with Crippen LogP contribution in [0.25, 0.3) is 0 Å². The number of hydrogen-bond donors (Lipinski definition) is 2. The highest BCUT2D eigenvalue weighted by Gasteiger charge is 2.14. The normalized spacial score (nSPS) is 16.3. The molecule has 19 heavy (non-hydrogen) atoms. The molecule has 0 radical (unpaired) electrons. The highest BCUT2D eigenvalue weighted by molar-refractivity contribution is 6.30. The first-order valence-corrected chi connectivity index (χ1v) is 7.15. The molecule has 1 fully saturated rings. The molecule has 1 aromatic heterocycles. The summed E-state index contributed by atoms with van der Waals surface area (Å²) < 4.78 is 0. The van der Waals surface area contributed by atoms with E-state index in [4.69, 9.17) is 11.6 Å². The van der Waals surface area contributed by atoms with Gasteiger partial charge in [0.15, 0.2) is 0 Å². The van der Waals surface area contributed by atoms with Crippen LogP contribution in [-0.4, -0.2) is 24.0 Å². The zero-order valence-electron chi connectivity index (χ0n) is 11.2. The van der Waals surface area contributed by atoms with Crippen LogP contribution in [0.2, 0.25) is 5.15 Å². The van der Waals surface area contributed by atoms with Gasteiger partial charge in [0, 0.05) is 6.42 Å². The van der Waals surface area contributed by atoms with E-state index < -0.39 is 0 Å². The van der Waals surface area contributed by atoms with E-state index in [0.717, 1.165) is 30.8 Å². The number of piperidine rings is 1. The maximum absolute atomic E-state index is 11.9. The molecule has 0 aliphatic carbocycles. The summed E-state index contributed by atoms with van der Waals surface area (Å²) in [7, 11) is 0. The van der Waals surface area contributed by atoms with Gasteiger partial charge in [0.2, 0.25) is 5.91 Å². The maximum atomic E-state index is 11.9. The quantitative estimate of drug-likeness (QED) is 0.835. The van der Waals surface area contributed by atoms with E-state index in [9.17, 15) is 4.79 Å². The van der Waals surface area contributed by atoms with Crippen LogP contribution in [0.4, 0.5) is 5.69 Å². The fraction of sp³-hybridized carbons (Fsp3) is 0.571. The molecular formula is C14H20ClN3O. The number of nitrogens with one attached hydrogen (secondary N) is 2. The molecule has 0 bridgehead atoms. The number of aromatic nitrogens is 1. The molecule has 2 rings (SSSR count). The zero-order chi connectivity index (χ0) is 13.7. The topological polar surface area (TPSA) is 54.0 Å². The third kappa shape index (κ3) is 4.48. The summed E-state index contributed by atoms with van der Waals surface area (Å²) in [6.07, 6.45) is 5.49. The van der Waals surface area contributed by atoms with E-state index in [0.29, 0.717) is 17.5 Å². The van der Waals surface area contributed by atoms with Crippen molar-refractivity contribution in [3.63, 3.8) is 0 Å². The molecule has 0 spiro atoms. The molecule has 4 nitrogen and oxygen atoms in total.